The topological polar surface area (TPSA) is 86.6 Å². The van der Waals surface area contributed by atoms with Gasteiger partial charge in [-0.25, -0.2) is 9.47 Å². The summed E-state index contributed by atoms with van der Waals surface area (Å²) in [5, 5.41) is 0.801. The number of carbonyl (C=O) groups is 2. The Hall–Kier alpha value is -2.67. The second-order valence-corrected chi connectivity index (χ2v) is 5.23. The number of hydrogen-bond acceptors (Lipinski definition) is 5. The number of esters is 1. The summed E-state index contributed by atoms with van der Waals surface area (Å²) in [5.41, 5.74) is 2.28. The van der Waals surface area contributed by atoms with Crippen molar-refractivity contribution in [3.05, 3.63) is 46.4 Å². The normalized spacial score (nSPS) is 17.2. The zero-order chi connectivity index (χ0) is 16.4. The van der Waals surface area contributed by atoms with E-state index in [1.165, 1.54) is 13.3 Å². The van der Waals surface area contributed by atoms with E-state index in [0.29, 0.717) is 23.8 Å². The Labute approximate surface area is 131 Å². The Morgan fingerprint density at radius 3 is 2.70 bits per heavy atom. The first-order valence-electron chi connectivity index (χ1n) is 7.27. The van der Waals surface area contributed by atoms with Gasteiger partial charge in [0, 0.05) is 23.6 Å². The van der Waals surface area contributed by atoms with Crippen LogP contribution in [0.1, 0.15) is 23.2 Å². The maximum absolute atomic E-state index is 12.5. The lowest BCUT2D eigenvalue weighted by Crippen LogP contribution is -2.39. The van der Waals surface area contributed by atoms with E-state index in [2.05, 4.69) is 5.43 Å². The minimum atomic E-state index is -0.582. The van der Waals surface area contributed by atoms with Crippen LogP contribution in [0.3, 0.4) is 0 Å². The molecule has 1 aliphatic rings. The number of amides is 1. The zero-order valence-corrected chi connectivity index (χ0v) is 12.6. The molecule has 1 fully saturated rings. The Morgan fingerprint density at radius 2 is 2.04 bits per heavy atom. The van der Waals surface area contributed by atoms with Crippen LogP contribution in [-0.4, -0.2) is 36.4 Å². The Kier molecular flexibility index (Phi) is 4.12. The molecule has 1 saturated heterocycles. The molecule has 7 heteroatoms. The SMILES string of the molecule is COC(=O)c1cn(NC(=O)[C@@H]2CCCO2)c(=O)c2ccccc12. The number of nitrogens with one attached hydrogen (secondary N) is 1. The molecule has 1 atom stereocenters. The number of benzene rings is 1. The molecule has 1 amide bonds. The molecule has 1 aliphatic heterocycles. The number of fused-ring (bicyclic) bond motifs is 1. The van der Waals surface area contributed by atoms with Crippen molar-refractivity contribution in [1.29, 1.82) is 0 Å². The van der Waals surface area contributed by atoms with E-state index >= 15 is 0 Å². The molecule has 23 heavy (non-hydrogen) atoms. The van der Waals surface area contributed by atoms with Gasteiger partial charge in [-0.05, 0) is 18.9 Å². The first-order chi connectivity index (χ1) is 11.1. The molecule has 1 N–H and O–H groups in total. The van der Waals surface area contributed by atoms with E-state index in [1.54, 1.807) is 24.3 Å². The van der Waals surface area contributed by atoms with Crippen LogP contribution < -0.4 is 11.0 Å². The smallest absolute Gasteiger partial charge is 0.340 e. The largest absolute Gasteiger partial charge is 0.465 e. The van der Waals surface area contributed by atoms with Crippen LogP contribution in [0.25, 0.3) is 10.8 Å². The summed E-state index contributed by atoms with van der Waals surface area (Å²) in [6.45, 7) is 0.526. The van der Waals surface area contributed by atoms with Gasteiger partial charge in [-0.3, -0.25) is 15.0 Å². The fourth-order valence-electron chi connectivity index (χ4n) is 2.62. The maximum atomic E-state index is 12.5. The highest BCUT2D eigenvalue weighted by molar-refractivity contribution is 6.04. The average Bonchev–Trinajstić information content (AvgIpc) is 3.11. The van der Waals surface area contributed by atoms with Crippen LogP contribution in [0.2, 0.25) is 0 Å². The molecule has 2 aromatic rings. The van der Waals surface area contributed by atoms with Gasteiger partial charge in [-0.1, -0.05) is 18.2 Å². The quantitative estimate of drug-likeness (QED) is 0.855. The van der Waals surface area contributed by atoms with Gasteiger partial charge in [0.15, 0.2) is 0 Å². The van der Waals surface area contributed by atoms with Gasteiger partial charge in [0.05, 0.1) is 12.7 Å². The van der Waals surface area contributed by atoms with Crippen LogP contribution in [0.4, 0.5) is 0 Å². The number of pyridine rings is 1. The Bertz CT molecular complexity index is 821. The number of hydrogen-bond donors (Lipinski definition) is 1. The van der Waals surface area contributed by atoms with Crippen LogP contribution in [0.15, 0.2) is 35.3 Å². The number of aromatic nitrogens is 1. The summed E-state index contributed by atoms with van der Waals surface area (Å²) >= 11 is 0. The van der Waals surface area contributed by atoms with Gasteiger partial charge in [0.2, 0.25) is 0 Å². The first kappa shape index (κ1) is 15.2. The van der Waals surface area contributed by atoms with Crippen molar-refractivity contribution in [2.45, 2.75) is 18.9 Å². The van der Waals surface area contributed by atoms with Crippen LogP contribution in [0.5, 0.6) is 0 Å². The monoisotopic (exact) mass is 316 g/mol. The number of rotatable bonds is 3. The van der Waals surface area contributed by atoms with Crippen molar-refractivity contribution >= 4 is 22.6 Å². The lowest BCUT2D eigenvalue weighted by molar-refractivity contribution is -0.125. The van der Waals surface area contributed by atoms with E-state index in [0.717, 1.165) is 11.1 Å². The summed E-state index contributed by atoms with van der Waals surface area (Å²) in [5.74, 6) is -0.989. The molecule has 7 nitrogen and oxygen atoms in total. The minimum absolute atomic E-state index is 0.204. The molecule has 1 aromatic heterocycles. The molecular formula is C16H16N2O5. The molecular weight excluding hydrogens is 300 g/mol. The zero-order valence-electron chi connectivity index (χ0n) is 12.6. The van der Waals surface area contributed by atoms with Gasteiger partial charge in [-0.2, -0.15) is 0 Å². The summed E-state index contributed by atoms with van der Waals surface area (Å²) in [6, 6.07) is 6.68. The van der Waals surface area contributed by atoms with E-state index in [1.807, 2.05) is 0 Å². The minimum Gasteiger partial charge on any atom is -0.465 e. The van der Waals surface area contributed by atoms with Crippen molar-refractivity contribution in [2.75, 3.05) is 19.1 Å². The summed E-state index contributed by atoms with van der Waals surface area (Å²) in [4.78, 5) is 36.6. The summed E-state index contributed by atoms with van der Waals surface area (Å²) in [6.07, 6.45) is 2.12. The molecule has 0 spiro atoms. The molecule has 0 unspecified atom stereocenters. The third-order valence-electron chi connectivity index (χ3n) is 3.78. The van der Waals surface area contributed by atoms with Crippen molar-refractivity contribution in [3.63, 3.8) is 0 Å². The van der Waals surface area contributed by atoms with Crippen molar-refractivity contribution in [3.8, 4) is 0 Å². The second kappa shape index (κ2) is 6.21. The first-order valence-corrected chi connectivity index (χ1v) is 7.27. The van der Waals surface area contributed by atoms with E-state index in [9.17, 15) is 14.4 Å². The average molecular weight is 316 g/mol. The van der Waals surface area contributed by atoms with Gasteiger partial charge < -0.3 is 9.47 Å². The molecule has 0 bridgehead atoms. The molecule has 0 aliphatic carbocycles. The third-order valence-corrected chi connectivity index (χ3v) is 3.78. The van der Waals surface area contributed by atoms with Gasteiger partial charge >= 0.3 is 5.97 Å². The van der Waals surface area contributed by atoms with Gasteiger partial charge in [0.25, 0.3) is 11.5 Å². The Balaban J connectivity index is 2.06. The van der Waals surface area contributed by atoms with E-state index < -0.39 is 23.5 Å². The fourth-order valence-corrected chi connectivity index (χ4v) is 2.62. The summed E-state index contributed by atoms with van der Waals surface area (Å²) in [7, 11) is 1.26. The number of nitrogens with zero attached hydrogens (tertiary/aromatic N) is 1. The highest BCUT2D eigenvalue weighted by Crippen LogP contribution is 2.16. The van der Waals surface area contributed by atoms with Gasteiger partial charge in [-0.15, -0.1) is 0 Å². The molecule has 0 saturated carbocycles. The second-order valence-electron chi connectivity index (χ2n) is 5.23. The highest BCUT2D eigenvalue weighted by Gasteiger charge is 2.24. The van der Waals surface area contributed by atoms with Crippen LogP contribution in [-0.2, 0) is 14.3 Å². The van der Waals surface area contributed by atoms with Crippen LogP contribution in [0, 0.1) is 0 Å². The predicted octanol–water partition coefficient (Wildman–Crippen LogP) is 1.04. The fraction of sp³-hybridized carbons (Fsp3) is 0.312. The lowest BCUT2D eigenvalue weighted by Gasteiger charge is -2.14. The number of ether oxygens (including phenoxy) is 2. The van der Waals surface area contributed by atoms with E-state index in [4.69, 9.17) is 9.47 Å². The molecule has 2 heterocycles. The maximum Gasteiger partial charge on any atom is 0.340 e. The highest BCUT2D eigenvalue weighted by atomic mass is 16.5. The van der Waals surface area contributed by atoms with Crippen molar-refractivity contribution < 1.29 is 19.1 Å². The number of methoxy groups -OCH3 is 1. The van der Waals surface area contributed by atoms with Crippen molar-refractivity contribution in [2.24, 2.45) is 0 Å². The Morgan fingerprint density at radius 1 is 1.30 bits per heavy atom. The van der Waals surface area contributed by atoms with Crippen molar-refractivity contribution in [1.82, 2.24) is 4.68 Å². The summed E-state index contributed by atoms with van der Waals surface area (Å²) < 4.78 is 11.1. The number of carbonyl (C=O) groups excluding carboxylic acids is 2. The molecule has 1 aromatic carbocycles. The lowest BCUT2D eigenvalue weighted by atomic mass is 10.1. The van der Waals surface area contributed by atoms with Crippen LogP contribution >= 0.6 is 0 Å². The predicted molar refractivity (Wildman–Crippen MR) is 82.9 cm³/mol. The third kappa shape index (κ3) is 2.83. The molecule has 3 rings (SSSR count). The molecule has 0 radical (unpaired) electrons. The van der Waals surface area contributed by atoms with Gasteiger partial charge in [0.1, 0.15) is 6.10 Å². The van der Waals surface area contributed by atoms with E-state index in [-0.39, 0.29) is 5.56 Å². The standard InChI is InChI=1S/C16H16N2O5/c1-22-16(21)12-9-18(17-14(19)13-7-4-8-23-13)15(20)11-6-3-2-5-10(11)12/h2-3,5-6,9,13H,4,7-8H2,1H3,(H,17,19)/t13-/m0/s1. The molecule has 120 valence electrons.